The van der Waals surface area contributed by atoms with Gasteiger partial charge in [0.2, 0.25) is 0 Å². The Morgan fingerprint density at radius 1 is 1.46 bits per heavy atom. The van der Waals surface area contributed by atoms with E-state index < -0.39 is 0 Å². The van der Waals surface area contributed by atoms with Crippen molar-refractivity contribution >= 4 is 0 Å². The second-order valence-electron chi connectivity index (χ2n) is 4.53. The van der Waals surface area contributed by atoms with E-state index in [1.54, 1.807) is 0 Å². The van der Waals surface area contributed by atoms with E-state index in [0.717, 1.165) is 24.2 Å². The van der Waals surface area contributed by atoms with Crippen LogP contribution in [-0.2, 0) is 0 Å². The summed E-state index contributed by atoms with van der Waals surface area (Å²) in [4.78, 5) is 0. The highest BCUT2D eigenvalue weighted by Crippen LogP contribution is 2.29. The third-order valence-corrected chi connectivity index (χ3v) is 3.26. The quantitative estimate of drug-likeness (QED) is 0.682. The second kappa shape index (κ2) is 5.61. The Morgan fingerprint density at radius 2 is 2.23 bits per heavy atom. The van der Waals surface area contributed by atoms with Crippen LogP contribution in [0.25, 0.3) is 0 Å². The lowest BCUT2D eigenvalue weighted by Gasteiger charge is -2.26. The summed E-state index contributed by atoms with van der Waals surface area (Å²) in [5.41, 5.74) is 0. The van der Waals surface area contributed by atoms with Gasteiger partial charge in [-0.25, -0.2) is 0 Å². The third-order valence-electron chi connectivity index (χ3n) is 3.26. The lowest BCUT2D eigenvalue weighted by atomic mass is 9.80. The van der Waals surface area contributed by atoms with E-state index in [0.29, 0.717) is 6.61 Å². The van der Waals surface area contributed by atoms with Gasteiger partial charge in [0.25, 0.3) is 0 Å². The molecule has 0 aromatic carbocycles. The number of hydrogen-bond acceptors (Lipinski definition) is 2. The molecule has 0 saturated carbocycles. The van der Waals surface area contributed by atoms with Crippen molar-refractivity contribution in [2.75, 3.05) is 19.7 Å². The number of hydrogen-bond donors (Lipinski definition) is 2. The zero-order valence-corrected chi connectivity index (χ0v) is 8.92. The molecular formula is C11H23NO. The molecule has 2 N–H and O–H groups in total. The minimum absolute atomic E-state index is 0.351. The van der Waals surface area contributed by atoms with Gasteiger partial charge in [-0.3, -0.25) is 0 Å². The van der Waals surface area contributed by atoms with Gasteiger partial charge in [-0.1, -0.05) is 13.8 Å². The van der Waals surface area contributed by atoms with Crippen molar-refractivity contribution in [3.8, 4) is 0 Å². The molecule has 0 bridgehead atoms. The molecule has 0 amide bonds. The Morgan fingerprint density at radius 3 is 2.69 bits per heavy atom. The van der Waals surface area contributed by atoms with Crippen molar-refractivity contribution in [3.63, 3.8) is 0 Å². The summed E-state index contributed by atoms with van der Waals surface area (Å²) in [6, 6.07) is 0. The largest absolute Gasteiger partial charge is 0.396 e. The van der Waals surface area contributed by atoms with E-state index in [9.17, 15) is 0 Å². The van der Waals surface area contributed by atoms with Gasteiger partial charge in [-0.05, 0) is 50.1 Å². The maximum absolute atomic E-state index is 8.82. The average Bonchev–Trinajstić information content (AvgIpc) is 2.57. The Balaban J connectivity index is 2.36. The molecule has 13 heavy (non-hydrogen) atoms. The molecule has 1 aliphatic heterocycles. The molecule has 0 aromatic heterocycles. The number of nitrogens with one attached hydrogen (secondary N) is 1. The van der Waals surface area contributed by atoms with Crippen LogP contribution < -0.4 is 5.32 Å². The lowest BCUT2D eigenvalue weighted by Crippen LogP contribution is -2.22. The topological polar surface area (TPSA) is 32.3 Å². The molecule has 2 unspecified atom stereocenters. The lowest BCUT2D eigenvalue weighted by molar-refractivity contribution is 0.213. The molecular weight excluding hydrogens is 162 g/mol. The SMILES string of the molecule is CC(C)C(CCCO)C1CCNC1. The number of rotatable bonds is 5. The molecule has 0 aliphatic carbocycles. The Labute approximate surface area is 81.7 Å². The van der Waals surface area contributed by atoms with Gasteiger partial charge < -0.3 is 10.4 Å². The third kappa shape index (κ3) is 3.28. The summed E-state index contributed by atoms with van der Waals surface area (Å²) in [5, 5.41) is 12.2. The van der Waals surface area contributed by atoms with Crippen LogP contribution in [0.5, 0.6) is 0 Å². The molecule has 1 heterocycles. The molecule has 1 saturated heterocycles. The zero-order valence-electron chi connectivity index (χ0n) is 8.92. The summed E-state index contributed by atoms with van der Waals surface area (Å²) in [7, 11) is 0. The molecule has 1 fully saturated rings. The summed E-state index contributed by atoms with van der Waals surface area (Å²) in [5.74, 6) is 2.42. The van der Waals surface area contributed by atoms with E-state index in [1.165, 1.54) is 25.9 Å². The molecule has 1 rings (SSSR count). The van der Waals surface area contributed by atoms with E-state index in [4.69, 9.17) is 5.11 Å². The molecule has 1 aliphatic rings. The highest BCUT2D eigenvalue weighted by molar-refractivity contribution is 4.79. The van der Waals surface area contributed by atoms with E-state index in [-0.39, 0.29) is 0 Å². The van der Waals surface area contributed by atoms with Gasteiger partial charge in [0, 0.05) is 6.61 Å². The fourth-order valence-corrected chi connectivity index (χ4v) is 2.48. The number of aliphatic hydroxyl groups is 1. The van der Waals surface area contributed by atoms with Crippen LogP contribution in [0.3, 0.4) is 0 Å². The van der Waals surface area contributed by atoms with Crippen molar-refractivity contribution in [2.24, 2.45) is 17.8 Å². The zero-order chi connectivity index (χ0) is 9.68. The summed E-state index contributed by atoms with van der Waals surface area (Å²) < 4.78 is 0. The average molecular weight is 185 g/mol. The van der Waals surface area contributed by atoms with Gasteiger partial charge in [0.15, 0.2) is 0 Å². The van der Waals surface area contributed by atoms with Crippen molar-refractivity contribution in [2.45, 2.75) is 33.1 Å². The van der Waals surface area contributed by atoms with Crippen LogP contribution in [0.15, 0.2) is 0 Å². The predicted octanol–water partition coefficient (Wildman–Crippen LogP) is 1.64. The molecule has 2 atom stereocenters. The standard InChI is InChI=1S/C11H23NO/c1-9(2)11(4-3-7-13)10-5-6-12-8-10/h9-13H,3-8H2,1-2H3. The van der Waals surface area contributed by atoms with Crippen molar-refractivity contribution in [1.82, 2.24) is 5.32 Å². The maximum Gasteiger partial charge on any atom is 0.0431 e. The Bertz CT molecular complexity index is 130. The second-order valence-corrected chi connectivity index (χ2v) is 4.53. The first-order valence-electron chi connectivity index (χ1n) is 5.57. The molecule has 0 aromatic rings. The maximum atomic E-state index is 8.82. The van der Waals surface area contributed by atoms with Crippen LogP contribution in [0.4, 0.5) is 0 Å². The summed E-state index contributed by atoms with van der Waals surface area (Å²) in [6.07, 6.45) is 3.49. The fraction of sp³-hybridized carbons (Fsp3) is 1.00. The van der Waals surface area contributed by atoms with Crippen LogP contribution in [0.2, 0.25) is 0 Å². The van der Waals surface area contributed by atoms with E-state index >= 15 is 0 Å². The van der Waals surface area contributed by atoms with Crippen LogP contribution in [0, 0.1) is 17.8 Å². The van der Waals surface area contributed by atoms with Crippen LogP contribution >= 0.6 is 0 Å². The highest BCUT2D eigenvalue weighted by atomic mass is 16.2. The van der Waals surface area contributed by atoms with Crippen molar-refractivity contribution in [1.29, 1.82) is 0 Å². The van der Waals surface area contributed by atoms with E-state index in [1.807, 2.05) is 0 Å². The molecule has 2 nitrogen and oxygen atoms in total. The van der Waals surface area contributed by atoms with Gasteiger partial charge in [0.1, 0.15) is 0 Å². The first-order valence-corrected chi connectivity index (χ1v) is 5.57. The monoisotopic (exact) mass is 185 g/mol. The summed E-state index contributed by atoms with van der Waals surface area (Å²) in [6.45, 7) is 7.34. The first kappa shape index (κ1) is 11.0. The Hall–Kier alpha value is -0.0800. The van der Waals surface area contributed by atoms with Gasteiger partial charge in [-0.15, -0.1) is 0 Å². The molecule has 2 heteroatoms. The van der Waals surface area contributed by atoms with Gasteiger partial charge >= 0.3 is 0 Å². The normalized spacial score (nSPS) is 25.4. The molecule has 78 valence electrons. The predicted molar refractivity (Wildman–Crippen MR) is 55.6 cm³/mol. The van der Waals surface area contributed by atoms with Crippen LogP contribution in [-0.4, -0.2) is 24.8 Å². The minimum atomic E-state index is 0.351. The van der Waals surface area contributed by atoms with Crippen molar-refractivity contribution < 1.29 is 5.11 Å². The minimum Gasteiger partial charge on any atom is -0.396 e. The fourth-order valence-electron chi connectivity index (χ4n) is 2.48. The van der Waals surface area contributed by atoms with Gasteiger partial charge in [0.05, 0.1) is 0 Å². The number of aliphatic hydroxyl groups excluding tert-OH is 1. The van der Waals surface area contributed by atoms with Gasteiger partial charge in [-0.2, -0.15) is 0 Å². The molecule has 0 radical (unpaired) electrons. The smallest absolute Gasteiger partial charge is 0.0431 e. The molecule has 0 spiro atoms. The highest BCUT2D eigenvalue weighted by Gasteiger charge is 2.26. The summed E-state index contributed by atoms with van der Waals surface area (Å²) >= 11 is 0. The van der Waals surface area contributed by atoms with Crippen molar-refractivity contribution in [3.05, 3.63) is 0 Å². The van der Waals surface area contributed by atoms with E-state index in [2.05, 4.69) is 19.2 Å². The first-order chi connectivity index (χ1) is 6.25. The Kier molecular flexibility index (Phi) is 4.74. The van der Waals surface area contributed by atoms with Crippen LogP contribution in [0.1, 0.15) is 33.1 Å².